The van der Waals surface area contributed by atoms with E-state index in [2.05, 4.69) is 155 Å². The van der Waals surface area contributed by atoms with Gasteiger partial charge in [0.25, 0.3) is 0 Å². The first-order valence-electron chi connectivity index (χ1n) is 22.7. The first kappa shape index (κ1) is 36.3. The number of para-hydroxylation sites is 4. The highest BCUT2D eigenvalue weighted by molar-refractivity contribution is 7.61. The summed E-state index contributed by atoms with van der Waals surface area (Å²) >= 11 is 0. The van der Waals surface area contributed by atoms with Gasteiger partial charge in [-0.2, -0.15) is 0 Å². The summed E-state index contributed by atoms with van der Waals surface area (Å²) in [7, 11) is -1.98. The standard InChI is InChI=1S/C60H32N2O5P/c63-68(35-19-23-55-43(27-35)47-29-45-41-25-33(17-21-53(41)64-57(45)31-59(47)66-55)61-49-13-5-1-9-37(49)38-10-2-6-14-50(38)61)36-20-24-56-44(28-36)48-30-46-42-26-34(18-22-54(42)65-58(46)32-60(48)67-56)62-51-15-7-3-11-39(51)40-12-4-8-16-52(40)62/h1-32H/q+1. The smallest absolute Gasteiger partial charge is 0.415 e. The van der Waals surface area contributed by atoms with Gasteiger partial charge in [0.1, 0.15) is 44.7 Å². The lowest BCUT2D eigenvalue weighted by atomic mass is 10.1. The van der Waals surface area contributed by atoms with Gasteiger partial charge in [-0.05, 0) is 97.1 Å². The second kappa shape index (κ2) is 13.1. The largest absolute Gasteiger partial charge is 0.456 e. The molecule has 0 amide bonds. The average molecular weight is 892 g/mol. The van der Waals surface area contributed by atoms with Crippen LogP contribution in [0.5, 0.6) is 0 Å². The summed E-state index contributed by atoms with van der Waals surface area (Å²) in [6, 6.07) is 67.0. The third-order valence-corrected chi connectivity index (χ3v) is 15.7. The van der Waals surface area contributed by atoms with Crippen LogP contribution in [-0.4, -0.2) is 9.13 Å². The van der Waals surface area contributed by atoms with Crippen LogP contribution in [0.25, 0.3) is 143 Å². The minimum atomic E-state index is -1.98. The van der Waals surface area contributed by atoms with Crippen molar-refractivity contribution in [2.75, 3.05) is 0 Å². The van der Waals surface area contributed by atoms with E-state index in [-0.39, 0.29) is 0 Å². The van der Waals surface area contributed by atoms with Crippen molar-refractivity contribution >= 4 is 150 Å². The highest BCUT2D eigenvalue weighted by Gasteiger charge is 2.27. The Morgan fingerprint density at radius 3 is 0.912 bits per heavy atom. The van der Waals surface area contributed by atoms with Crippen molar-refractivity contribution in [2.45, 2.75) is 0 Å². The van der Waals surface area contributed by atoms with Gasteiger partial charge in [0.2, 0.25) is 0 Å². The second-order valence-electron chi connectivity index (χ2n) is 17.9. The van der Waals surface area contributed by atoms with E-state index in [1.165, 1.54) is 21.5 Å². The van der Waals surface area contributed by atoms with E-state index in [4.69, 9.17) is 17.7 Å². The molecule has 16 aromatic rings. The van der Waals surface area contributed by atoms with E-state index in [1.54, 1.807) is 0 Å². The molecule has 0 saturated carbocycles. The maximum Gasteiger partial charge on any atom is 0.415 e. The Kier molecular flexibility index (Phi) is 7.02. The molecule has 0 N–H and O–H groups in total. The SMILES string of the molecule is O=[P+](c1ccc2oc3cc4oc5ccc(-n6c7ccccc7c7ccccc76)cc5c4cc3c2c1)c1ccc2oc3cc4oc5ccc(-n6c7ccccc7c7ccccc76)cc5c4cc3c2c1. The lowest BCUT2D eigenvalue weighted by Gasteiger charge is -2.07. The molecule has 0 unspecified atom stereocenters. The van der Waals surface area contributed by atoms with E-state index in [0.717, 1.165) is 110 Å². The Morgan fingerprint density at radius 2 is 0.559 bits per heavy atom. The third-order valence-electron chi connectivity index (χ3n) is 14.2. The Morgan fingerprint density at radius 1 is 0.265 bits per heavy atom. The van der Waals surface area contributed by atoms with Crippen molar-refractivity contribution in [2.24, 2.45) is 0 Å². The zero-order valence-electron chi connectivity index (χ0n) is 35.9. The molecule has 10 aromatic carbocycles. The Balaban J connectivity index is 0.799. The molecule has 0 bridgehead atoms. The van der Waals surface area contributed by atoms with Gasteiger partial charge in [-0.3, -0.25) is 0 Å². The summed E-state index contributed by atoms with van der Waals surface area (Å²) in [5, 5.41) is 14.0. The van der Waals surface area contributed by atoms with Crippen molar-refractivity contribution in [3.05, 3.63) is 194 Å². The van der Waals surface area contributed by atoms with E-state index in [9.17, 15) is 4.57 Å². The molecule has 0 aliphatic carbocycles. The number of hydrogen-bond donors (Lipinski definition) is 0. The lowest BCUT2D eigenvalue weighted by Crippen LogP contribution is -2.05. The molecule has 0 aliphatic rings. The quantitative estimate of drug-likeness (QED) is 0.164. The first-order valence-corrected chi connectivity index (χ1v) is 23.9. The molecule has 0 radical (unpaired) electrons. The van der Waals surface area contributed by atoms with Crippen LogP contribution in [0.3, 0.4) is 0 Å². The molecule has 6 heterocycles. The van der Waals surface area contributed by atoms with E-state index in [1.807, 2.05) is 48.5 Å². The number of hydrogen-bond acceptors (Lipinski definition) is 5. The fourth-order valence-electron chi connectivity index (χ4n) is 11.1. The molecule has 16 rings (SSSR count). The molecular weight excluding hydrogens is 860 g/mol. The summed E-state index contributed by atoms with van der Waals surface area (Å²) in [5.74, 6) is 0. The number of furan rings is 4. The second-order valence-corrected chi connectivity index (χ2v) is 19.5. The van der Waals surface area contributed by atoms with Gasteiger partial charge < -0.3 is 26.8 Å². The predicted molar refractivity (Wildman–Crippen MR) is 278 cm³/mol. The first-order chi connectivity index (χ1) is 33.6. The molecule has 316 valence electrons. The summed E-state index contributed by atoms with van der Waals surface area (Å²) in [6.07, 6.45) is 0. The molecule has 8 heteroatoms. The monoisotopic (exact) mass is 891 g/mol. The van der Waals surface area contributed by atoms with Crippen molar-refractivity contribution in [1.82, 2.24) is 9.13 Å². The maximum absolute atomic E-state index is 14.7. The van der Waals surface area contributed by atoms with E-state index >= 15 is 0 Å². The molecule has 0 aliphatic heterocycles. The Bertz CT molecular complexity index is 4480. The summed E-state index contributed by atoms with van der Waals surface area (Å²) < 4.78 is 45.0. The van der Waals surface area contributed by atoms with Crippen molar-refractivity contribution in [1.29, 1.82) is 0 Å². The lowest BCUT2D eigenvalue weighted by molar-refractivity contribution is 0.598. The van der Waals surface area contributed by atoms with Crippen LogP contribution < -0.4 is 10.6 Å². The number of rotatable bonds is 4. The van der Waals surface area contributed by atoms with Gasteiger partial charge in [-0.15, -0.1) is 0 Å². The van der Waals surface area contributed by atoms with Gasteiger partial charge >= 0.3 is 7.80 Å². The van der Waals surface area contributed by atoms with Crippen LogP contribution in [0.1, 0.15) is 0 Å². The molecule has 0 spiro atoms. The molecule has 0 atom stereocenters. The highest BCUT2D eigenvalue weighted by atomic mass is 31.1. The van der Waals surface area contributed by atoms with Crippen LogP contribution in [-0.2, 0) is 4.57 Å². The average Bonchev–Trinajstić information content (AvgIpc) is 4.23. The topological polar surface area (TPSA) is 79.5 Å². The van der Waals surface area contributed by atoms with Crippen LogP contribution in [0.2, 0.25) is 0 Å². The number of fused-ring (bicyclic) bond motifs is 18. The van der Waals surface area contributed by atoms with Crippen LogP contribution in [0.4, 0.5) is 0 Å². The number of nitrogens with zero attached hydrogens (tertiary/aromatic N) is 2. The van der Waals surface area contributed by atoms with Crippen molar-refractivity contribution in [3.8, 4) is 11.4 Å². The molecular formula is C60H32N2O5P+. The minimum absolute atomic E-state index is 0.716. The predicted octanol–water partition coefficient (Wildman–Crippen LogP) is 16.3. The van der Waals surface area contributed by atoms with Gasteiger partial charge in [-0.1, -0.05) is 77.4 Å². The fourth-order valence-corrected chi connectivity index (χ4v) is 12.3. The molecule has 0 fully saturated rings. The fraction of sp³-hybridized carbons (Fsp3) is 0. The van der Waals surface area contributed by atoms with E-state index < -0.39 is 7.80 Å². The van der Waals surface area contributed by atoms with Gasteiger partial charge in [0.15, 0.2) is 10.6 Å². The molecule has 6 aromatic heterocycles. The number of benzene rings is 10. The van der Waals surface area contributed by atoms with Crippen LogP contribution >= 0.6 is 7.80 Å². The minimum Gasteiger partial charge on any atom is -0.456 e. The Labute approximate surface area is 385 Å². The highest BCUT2D eigenvalue weighted by Crippen LogP contribution is 2.42. The van der Waals surface area contributed by atoms with Gasteiger partial charge in [0.05, 0.1) is 22.1 Å². The molecule has 68 heavy (non-hydrogen) atoms. The van der Waals surface area contributed by atoms with Crippen LogP contribution in [0.15, 0.2) is 212 Å². The van der Waals surface area contributed by atoms with Crippen molar-refractivity contribution in [3.63, 3.8) is 0 Å². The van der Waals surface area contributed by atoms with Gasteiger partial charge in [-0.25, -0.2) is 0 Å². The van der Waals surface area contributed by atoms with Crippen molar-refractivity contribution < 1.29 is 22.2 Å². The molecule has 0 saturated heterocycles. The van der Waals surface area contributed by atoms with Gasteiger partial charge in [0, 0.05) is 100 Å². The van der Waals surface area contributed by atoms with E-state index in [0.29, 0.717) is 21.8 Å². The zero-order chi connectivity index (χ0) is 44.4. The molecule has 7 nitrogen and oxygen atoms in total. The summed E-state index contributed by atoms with van der Waals surface area (Å²) in [5.41, 5.74) is 12.7. The summed E-state index contributed by atoms with van der Waals surface area (Å²) in [6.45, 7) is 0. The van der Waals surface area contributed by atoms with Crippen LogP contribution in [0, 0.1) is 0 Å². The number of aromatic nitrogens is 2. The normalized spacial score (nSPS) is 12.5. The third kappa shape index (κ3) is 4.92. The Hall–Kier alpha value is -8.90. The zero-order valence-corrected chi connectivity index (χ0v) is 36.8. The maximum atomic E-state index is 14.7. The summed E-state index contributed by atoms with van der Waals surface area (Å²) in [4.78, 5) is 0.